The summed E-state index contributed by atoms with van der Waals surface area (Å²) in [5, 5.41) is 13.5. The molecule has 7 nitrogen and oxygen atoms in total. The van der Waals surface area contributed by atoms with Gasteiger partial charge in [-0.25, -0.2) is 9.37 Å². The second-order valence-electron chi connectivity index (χ2n) is 6.68. The van der Waals surface area contributed by atoms with E-state index in [2.05, 4.69) is 26.3 Å². The molecule has 0 amide bonds. The summed E-state index contributed by atoms with van der Waals surface area (Å²) in [7, 11) is 1.88. The third kappa shape index (κ3) is 3.96. The summed E-state index contributed by atoms with van der Waals surface area (Å²) >= 11 is 5.93. The molecule has 2 N–H and O–H groups in total. The van der Waals surface area contributed by atoms with Gasteiger partial charge in [0, 0.05) is 30.4 Å². The summed E-state index contributed by atoms with van der Waals surface area (Å²) in [5.41, 5.74) is 2.83. The highest BCUT2D eigenvalue weighted by Gasteiger charge is 2.18. The molecule has 2 heterocycles. The quantitative estimate of drug-likeness (QED) is 0.413. The van der Waals surface area contributed by atoms with E-state index in [4.69, 9.17) is 16.3 Å². The van der Waals surface area contributed by atoms with Crippen LogP contribution in [0.3, 0.4) is 0 Å². The zero-order chi connectivity index (χ0) is 22.0. The van der Waals surface area contributed by atoms with E-state index < -0.39 is 5.82 Å². The summed E-state index contributed by atoms with van der Waals surface area (Å²) in [5.74, 6) is 0.891. The Balaban J connectivity index is 1.90. The lowest BCUT2D eigenvalue weighted by Crippen LogP contribution is -2.12. The number of hydrogen-bond donors (Lipinski definition) is 2. The lowest BCUT2D eigenvalue weighted by Gasteiger charge is -2.22. The molecule has 0 aliphatic rings. The van der Waals surface area contributed by atoms with Gasteiger partial charge < -0.3 is 19.9 Å². The minimum Gasteiger partial charge on any atom is -0.492 e. The van der Waals surface area contributed by atoms with Crippen LogP contribution in [-0.2, 0) is 0 Å². The van der Waals surface area contributed by atoms with Gasteiger partial charge in [0.2, 0.25) is 0 Å². The maximum absolute atomic E-state index is 13.6. The molecule has 0 bridgehead atoms. The lowest BCUT2D eigenvalue weighted by molar-refractivity contribution is 0.341. The number of nitrogens with zero attached hydrogens (tertiary/aromatic N) is 4. The molecule has 4 rings (SSSR count). The minimum absolute atomic E-state index is 0.0137. The van der Waals surface area contributed by atoms with Gasteiger partial charge in [-0.1, -0.05) is 11.6 Å². The zero-order valence-corrected chi connectivity index (χ0v) is 17.5. The number of aromatic nitrogens is 3. The second kappa shape index (κ2) is 8.50. The first-order valence-corrected chi connectivity index (χ1v) is 9.83. The Morgan fingerprint density at radius 3 is 2.81 bits per heavy atom. The SMILES string of the molecule is CCOc1cc2ncc(C#N)c(Nc3ccc(F)c(Cl)c3)c2cc1N(C)c1cnc[nH]1. The third-order valence-electron chi connectivity index (χ3n) is 4.76. The molecule has 0 aliphatic carbocycles. The third-order valence-corrected chi connectivity index (χ3v) is 5.05. The monoisotopic (exact) mass is 436 g/mol. The number of benzene rings is 2. The van der Waals surface area contributed by atoms with Gasteiger partial charge in [-0.3, -0.25) is 4.98 Å². The second-order valence-corrected chi connectivity index (χ2v) is 7.09. The highest BCUT2D eigenvalue weighted by Crippen LogP contribution is 2.39. The normalized spacial score (nSPS) is 10.7. The maximum atomic E-state index is 13.6. The average molecular weight is 437 g/mol. The van der Waals surface area contributed by atoms with E-state index in [1.165, 1.54) is 18.3 Å². The molecule has 0 fully saturated rings. The van der Waals surface area contributed by atoms with Gasteiger partial charge in [0.1, 0.15) is 23.5 Å². The van der Waals surface area contributed by atoms with Gasteiger partial charge in [-0.2, -0.15) is 5.26 Å². The van der Waals surface area contributed by atoms with Crippen LogP contribution in [0.2, 0.25) is 5.02 Å². The molecule has 0 atom stereocenters. The van der Waals surface area contributed by atoms with Gasteiger partial charge in [0.15, 0.2) is 0 Å². The maximum Gasteiger partial charge on any atom is 0.145 e. The Morgan fingerprint density at radius 2 is 2.13 bits per heavy atom. The van der Waals surface area contributed by atoms with E-state index in [9.17, 15) is 9.65 Å². The topological polar surface area (TPSA) is 89.9 Å². The molecule has 2 aromatic heterocycles. The van der Waals surface area contributed by atoms with Crippen LogP contribution in [0.5, 0.6) is 5.75 Å². The van der Waals surface area contributed by atoms with E-state index in [0.717, 1.165) is 11.5 Å². The Hall–Kier alpha value is -3.83. The Kier molecular flexibility index (Phi) is 5.60. The number of ether oxygens (including phenoxy) is 1. The Labute approximate surface area is 183 Å². The van der Waals surface area contributed by atoms with Crippen molar-refractivity contribution >= 4 is 45.4 Å². The first kappa shape index (κ1) is 20.4. The van der Waals surface area contributed by atoms with Crippen molar-refractivity contribution in [2.75, 3.05) is 23.9 Å². The van der Waals surface area contributed by atoms with Crippen molar-refractivity contribution < 1.29 is 9.13 Å². The summed E-state index contributed by atoms with van der Waals surface area (Å²) < 4.78 is 19.4. The molecule has 31 heavy (non-hydrogen) atoms. The number of halogens is 2. The fraction of sp³-hybridized carbons (Fsp3) is 0.136. The van der Waals surface area contributed by atoms with Crippen molar-refractivity contribution in [1.29, 1.82) is 5.26 Å². The van der Waals surface area contributed by atoms with Crippen LogP contribution in [0.4, 0.5) is 27.3 Å². The van der Waals surface area contributed by atoms with E-state index in [1.807, 2.05) is 31.0 Å². The predicted molar refractivity (Wildman–Crippen MR) is 119 cm³/mol. The molecule has 0 saturated carbocycles. The molecule has 4 aromatic rings. The van der Waals surface area contributed by atoms with Crippen LogP contribution in [-0.4, -0.2) is 28.6 Å². The van der Waals surface area contributed by atoms with Crippen molar-refractivity contribution in [2.45, 2.75) is 6.92 Å². The van der Waals surface area contributed by atoms with Gasteiger partial charge >= 0.3 is 0 Å². The van der Waals surface area contributed by atoms with Crippen molar-refractivity contribution in [3.05, 3.63) is 65.5 Å². The van der Waals surface area contributed by atoms with Gasteiger partial charge in [0.05, 0.1) is 46.6 Å². The fourth-order valence-corrected chi connectivity index (χ4v) is 3.42. The Bertz CT molecular complexity index is 1290. The summed E-state index contributed by atoms with van der Waals surface area (Å²) in [4.78, 5) is 13.5. The first-order valence-electron chi connectivity index (χ1n) is 9.45. The minimum atomic E-state index is -0.517. The highest BCUT2D eigenvalue weighted by molar-refractivity contribution is 6.31. The summed E-state index contributed by atoms with van der Waals surface area (Å²) in [6.07, 6.45) is 4.78. The molecular formula is C22H18ClFN6O. The number of imidazole rings is 1. The molecule has 0 radical (unpaired) electrons. The van der Waals surface area contributed by atoms with Crippen molar-refractivity contribution in [2.24, 2.45) is 0 Å². The number of rotatable bonds is 6. The largest absolute Gasteiger partial charge is 0.492 e. The fourth-order valence-electron chi connectivity index (χ4n) is 3.24. The summed E-state index contributed by atoms with van der Waals surface area (Å²) in [6.45, 7) is 2.38. The van der Waals surface area contributed by atoms with Gasteiger partial charge in [0.25, 0.3) is 0 Å². The average Bonchev–Trinajstić information content (AvgIpc) is 3.31. The number of pyridine rings is 1. The molecule has 2 aromatic carbocycles. The van der Waals surface area contributed by atoms with E-state index in [-0.39, 0.29) is 5.02 Å². The number of anilines is 4. The molecular weight excluding hydrogens is 419 g/mol. The molecule has 156 valence electrons. The molecule has 9 heteroatoms. The lowest BCUT2D eigenvalue weighted by atomic mass is 10.1. The van der Waals surface area contributed by atoms with Crippen LogP contribution < -0.4 is 15.0 Å². The van der Waals surface area contributed by atoms with Crippen LogP contribution in [0.1, 0.15) is 12.5 Å². The van der Waals surface area contributed by atoms with Crippen molar-refractivity contribution in [3.63, 3.8) is 0 Å². The highest BCUT2D eigenvalue weighted by atomic mass is 35.5. The van der Waals surface area contributed by atoms with E-state index >= 15 is 0 Å². The number of aromatic amines is 1. The van der Waals surface area contributed by atoms with Gasteiger partial charge in [-0.05, 0) is 31.2 Å². The number of H-pyrrole nitrogens is 1. The van der Waals surface area contributed by atoms with E-state index in [0.29, 0.717) is 40.2 Å². The van der Waals surface area contributed by atoms with Crippen LogP contribution in [0.15, 0.2) is 49.1 Å². The number of nitriles is 1. The zero-order valence-electron chi connectivity index (χ0n) is 16.8. The van der Waals surface area contributed by atoms with E-state index in [1.54, 1.807) is 18.6 Å². The molecule has 0 unspecified atom stereocenters. The van der Waals surface area contributed by atoms with Crippen LogP contribution in [0.25, 0.3) is 10.9 Å². The summed E-state index contributed by atoms with van der Waals surface area (Å²) in [6, 6.07) is 10.2. The van der Waals surface area contributed by atoms with Crippen LogP contribution in [0, 0.1) is 17.1 Å². The molecule has 0 spiro atoms. The number of fused-ring (bicyclic) bond motifs is 1. The number of nitrogens with one attached hydrogen (secondary N) is 2. The molecule has 0 aliphatic heterocycles. The Morgan fingerprint density at radius 1 is 1.29 bits per heavy atom. The van der Waals surface area contributed by atoms with Crippen molar-refractivity contribution in [1.82, 2.24) is 15.0 Å². The molecule has 0 saturated heterocycles. The van der Waals surface area contributed by atoms with Gasteiger partial charge in [-0.15, -0.1) is 0 Å². The predicted octanol–water partition coefficient (Wildman–Crippen LogP) is 5.53. The number of hydrogen-bond acceptors (Lipinski definition) is 6. The van der Waals surface area contributed by atoms with Crippen molar-refractivity contribution in [3.8, 4) is 11.8 Å². The smallest absolute Gasteiger partial charge is 0.145 e. The van der Waals surface area contributed by atoms with Crippen LogP contribution >= 0.6 is 11.6 Å². The first-order chi connectivity index (χ1) is 15.0. The standard InChI is InChI=1S/C22H18ClFN6O/c1-3-31-20-8-18-15(7-19(20)30(2)21-11-26-12-28-21)22(13(9-25)10-27-18)29-14-4-5-17(24)16(23)6-14/h4-8,10-12H,3H2,1-2H3,(H,26,28)(H,27,29).